The predicted molar refractivity (Wildman–Crippen MR) is 131 cm³/mol. The van der Waals surface area contributed by atoms with E-state index in [1.54, 1.807) is 19.0 Å². The molecular weight excluding hydrogens is 454 g/mol. The molecule has 1 fully saturated rings. The summed E-state index contributed by atoms with van der Waals surface area (Å²) >= 11 is 0. The van der Waals surface area contributed by atoms with Crippen LogP contribution in [0.1, 0.15) is 51.0 Å². The van der Waals surface area contributed by atoms with Gasteiger partial charge in [-0.25, -0.2) is 23.5 Å². The molecule has 1 aromatic carbocycles. The minimum absolute atomic E-state index is 0.0399. The Hall–Kier alpha value is -3.17. The van der Waals surface area contributed by atoms with Crippen molar-refractivity contribution in [3.63, 3.8) is 0 Å². The van der Waals surface area contributed by atoms with E-state index in [2.05, 4.69) is 24.1 Å². The zero-order valence-electron chi connectivity index (χ0n) is 21.0. The first-order valence-electron chi connectivity index (χ1n) is 12.2. The molecule has 190 valence electrons. The van der Waals surface area contributed by atoms with Gasteiger partial charge in [0, 0.05) is 65.1 Å². The quantitative estimate of drug-likeness (QED) is 0.679. The zero-order valence-corrected chi connectivity index (χ0v) is 21.0. The third-order valence-corrected chi connectivity index (χ3v) is 6.42. The van der Waals surface area contributed by atoms with Gasteiger partial charge in [0.25, 0.3) is 0 Å². The Morgan fingerprint density at radius 1 is 1.17 bits per heavy atom. The molecule has 3 heterocycles. The molecule has 0 saturated carbocycles. The largest absolute Gasteiger partial charge is 0.487 e. The number of nitrogens with zero attached hydrogens (tertiary/aromatic N) is 5. The number of amides is 2. The molecule has 10 heteroatoms. The normalized spacial score (nSPS) is 18.5. The number of nitrogens with one attached hydrogen (secondary N) is 1. The number of carbonyl (C=O) groups excluding carboxylic acids is 1. The van der Waals surface area contributed by atoms with Crippen molar-refractivity contribution < 1.29 is 18.3 Å². The van der Waals surface area contributed by atoms with E-state index < -0.39 is 11.6 Å². The molecule has 0 aliphatic carbocycles. The average molecular weight is 489 g/mol. The third kappa shape index (κ3) is 5.41. The van der Waals surface area contributed by atoms with E-state index in [0.29, 0.717) is 38.9 Å². The Bertz CT molecular complexity index is 1070. The second-order valence-electron chi connectivity index (χ2n) is 9.70. The van der Waals surface area contributed by atoms with Crippen molar-refractivity contribution in [1.29, 1.82) is 0 Å². The number of halogens is 2. The van der Waals surface area contributed by atoms with Crippen molar-refractivity contribution in [3.05, 3.63) is 41.2 Å². The highest BCUT2D eigenvalue weighted by Gasteiger charge is 2.33. The topological polar surface area (TPSA) is 73.8 Å². The molecule has 2 aliphatic rings. The molecule has 1 aromatic heterocycles. The summed E-state index contributed by atoms with van der Waals surface area (Å²) in [6.45, 7) is 8.02. The van der Waals surface area contributed by atoms with E-state index in [0.717, 1.165) is 29.1 Å². The van der Waals surface area contributed by atoms with E-state index in [1.165, 1.54) is 12.1 Å². The first-order chi connectivity index (χ1) is 16.6. The molecule has 1 N–H and O–H groups in total. The van der Waals surface area contributed by atoms with Crippen LogP contribution >= 0.6 is 0 Å². The Labute approximate surface area is 205 Å². The fourth-order valence-electron chi connectivity index (χ4n) is 4.60. The van der Waals surface area contributed by atoms with Gasteiger partial charge in [0.2, 0.25) is 0 Å². The van der Waals surface area contributed by atoms with E-state index in [4.69, 9.17) is 14.7 Å². The van der Waals surface area contributed by atoms with E-state index >= 15 is 0 Å². The fourth-order valence-corrected chi connectivity index (χ4v) is 4.60. The number of ether oxygens (including phenoxy) is 1. The molecule has 1 unspecified atom stereocenters. The van der Waals surface area contributed by atoms with Gasteiger partial charge < -0.3 is 24.8 Å². The zero-order chi connectivity index (χ0) is 25.3. The summed E-state index contributed by atoms with van der Waals surface area (Å²) in [5.41, 5.74) is 1.74. The van der Waals surface area contributed by atoms with Gasteiger partial charge in [0.15, 0.2) is 23.2 Å². The monoisotopic (exact) mass is 488 g/mol. The second-order valence-corrected chi connectivity index (χ2v) is 9.70. The minimum Gasteiger partial charge on any atom is -0.487 e. The minimum atomic E-state index is -0.692. The van der Waals surface area contributed by atoms with Gasteiger partial charge in [-0.05, 0) is 32.9 Å². The maximum atomic E-state index is 14.0. The van der Waals surface area contributed by atoms with Crippen LogP contribution in [0.15, 0.2) is 18.2 Å². The summed E-state index contributed by atoms with van der Waals surface area (Å²) in [6.07, 6.45) is 1.80. The van der Waals surface area contributed by atoms with Crippen LogP contribution in [0.25, 0.3) is 0 Å². The first kappa shape index (κ1) is 24.9. The molecular formula is C25H34F2N6O2. The predicted octanol–water partition coefficient (Wildman–Crippen LogP) is 4.22. The van der Waals surface area contributed by atoms with Gasteiger partial charge in [-0.15, -0.1) is 0 Å². The number of urea groups is 1. The SMILES string of the molecule is CC(C)Nc1nc2c(nc1N1CCC(Oc3ccc(F)cc3F)CC1)C(C)N(C(=O)N(C)C)CC2. The van der Waals surface area contributed by atoms with Crippen molar-refractivity contribution in [2.45, 2.75) is 58.2 Å². The highest BCUT2D eigenvalue weighted by molar-refractivity contribution is 5.75. The molecule has 0 bridgehead atoms. The highest BCUT2D eigenvalue weighted by Crippen LogP contribution is 2.34. The Morgan fingerprint density at radius 3 is 2.51 bits per heavy atom. The van der Waals surface area contributed by atoms with Crippen molar-refractivity contribution in [2.75, 3.05) is 43.9 Å². The lowest BCUT2D eigenvalue weighted by atomic mass is 10.0. The van der Waals surface area contributed by atoms with Crippen LogP contribution in [0, 0.1) is 11.6 Å². The summed E-state index contributed by atoms with van der Waals surface area (Å²) in [4.78, 5) is 28.2. The molecule has 35 heavy (non-hydrogen) atoms. The second kappa shape index (κ2) is 10.2. The van der Waals surface area contributed by atoms with Gasteiger partial charge in [-0.2, -0.15) is 0 Å². The number of carbonyl (C=O) groups is 1. The van der Waals surface area contributed by atoms with Gasteiger partial charge in [-0.3, -0.25) is 0 Å². The summed E-state index contributed by atoms with van der Waals surface area (Å²) in [7, 11) is 3.50. The van der Waals surface area contributed by atoms with Crippen molar-refractivity contribution >= 4 is 17.7 Å². The van der Waals surface area contributed by atoms with Gasteiger partial charge >= 0.3 is 6.03 Å². The van der Waals surface area contributed by atoms with Crippen molar-refractivity contribution in [2.24, 2.45) is 0 Å². The van der Waals surface area contributed by atoms with Crippen LogP contribution < -0.4 is 15.0 Å². The molecule has 2 aromatic rings. The Balaban J connectivity index is 1.54. The van der Waals surface area contributed by atoms with E-state index in [1.807, 2.05) is 11.8 Å². The van der Waals surface area contributed by atoms with Crippen molar-refractivity contribution in [3.8, 4) is 5.75 Å². The van der Waals surface area contributed by atoms with Crippen LogP contribution in [0.2, 0.25) is 0 Å². The lowest BCUT2D eigenvalue weighted by Gasteiger charge is -2.38. The average Bonchev–Trinajstić information content (AvgIpc) is 2.80. The number of anilines is 2. The number of benzene rings is 1. The summed E-state index contributed by atoms with van der Waals surface area (Å²) in [5.74, 6) is 0.250. The van der Waals surface area contributed by atoms with E-state index in [-0.39, 0.29) is 30.0 Å². The molecule has 8 nitrogen and oxygen atoms in total. The number of hydrogen-bond donors (Lipinski definition) is 1. The third-order valence-electron chi connectivity index (χ3n) is 6.42. The molecule has 0 radical (unpaired) electrons. The standard InChI is InChI=1S/C25H34F2N6O2/c1-15(2)28-23-24(30-22-16(3)33(25(34)31(4)5)13-10-20(22)29-23)32-11-8-18(9-12-32)35-21-7-6-17(26)14-19(21)27/h6-7,14-16,18H,8-13H2,1-5H3,(H,28,29). The fraction of sp³-hybridized carbons (Fsp3) is 0.560. The first-order valence-corrected chi connectivity index (χ1v) is 12.2. The van der Waals surface area contributed by atoms with Crippen LogP contribution in [-0.4, -0.2) is 71.7 Å². The summed E-state index contributed by atoms with van der Waals surface area (Å²) in [6, 6.07) is 3.32. The van der Waals surface area contributed by atoms with E-state index in [9.17, 15) is 13.6 Å². The molecule has 1 atom stereocenters. The van der Waals surface area contributed by atoms with Gasteiger partial charge in [0.05, 0.1) is 17.4 Å². The van der Waals surface area contributed by atoms with Crippen molar-refractivity contribution in [1.82, 2.24) is 19.8 Å². The molecule has 2 amide bonds. The lowest BCUT2D eigenvalue weighted by Crippen LogP contribution is -2.45. The van der Waals surface area contributed by atoms with Crippen LogP contribution in [-0.2, 0) is 6.42 Å². The number of rotatable bonds is 5. The molecule has 0 spiro atoms. The van der Waals surface area contributed by atoms with Crippen LogP contribution in [0.3, 0.4) is 0 Å². The number of fused-ring (bicyclic) bond motifs is 1. The highest BCUT2D eigenvalue weighted by atomic mass is 19.1. The van der Waals surface area contributed by atoms with Crippen LogP contribution in [0.5, 0.6) is 5.75 Å². The summed E-state index contributed by atoms with van der Waals surface area (Å²) < 4.78 is 33.0. The van der Waals surface area contributed by atoms with Crippen LogP contribution in [0.4, 0.5) is 25.2 Å². The summed E-state index contributed by atoms with van der Waals surface area (Å²) in [5, 5.41) is 3.43. The number of aromatic nitrogens is 2. The Kier molecular flexibility index (Phi) is 7.28. The maximum Gasteiger partial charge on any atom is 0.320 e. The van der Waals surface area contributed by atoms with Gasteiger partial charge in [-0.1, -0.05) is 0 Å². The lowest BCUT2D eigenvalue weighted by molar-refractivity contribution is 0.147. The smallest absolute Gasteiger partial charge is 0.320 e. The van der Waals surface area contributed by atoms with Gasteiger partial charge in [0.1, 0.15) is 11.9 Å². The number of hydrogen-bond acceptors (Lipinski definition) is 6. The maximum absolute atomic E-state index is 14.0. The number of piperidine rings is 1. The Morgan fingerprint density at radius 2 is 1.89 bits per heavy atom. The molecule has 2 aliphatic heterocycles. The molecule has 4 rings (SSSR count). The molecule has 1 saturated heterocycles.